The average Bonchev–Trinajstić information content (AvgIpc) is 2.78. The van der Waals surface area contributed by atoms with Gasteiger partial charge in [0.25, 0.3) is 0 Å². The minimum Gasteiger partial charge on any atom is -0.372 e. The lowest BCUT2D eigenvalue weighted by Gasteiger charge is -2.13. The zero-order valence-corrected chi connectivity index (χ0v) is 8.72. The Labute approximate surface area is 83.1 Å². The number of epoxide rings is 1. The van der Waals surface area contributed by atoms with Crippen molar-refractivity contribution >= 4 is 11.3 Å². The third-order valence-corrected chi connectivity index (χ3v) is 3.17. The number of thiophene rings is 1. The minimum absolute atomic E-state index is 0.522. The summed E-state index contributed by atoms with van der Waals surface area (Å²) in [7, 11) is 2.16. The van der Waals surface area contributed by atoms with Crippen molar-refractivity contribution in [1.29, 1.82) is 0 Å². The van der Waals surface area contributed by atoms with Crippen LogP contribution in [0, 0.1) is 0 Å². The summed E-state index contributed by atoms with van der Waals surface area (Å²) in [5, 5.41) is 2.14. The summed E-state index contributed by atoms with van der Waals surface area (Å²) in [6.45, 7) is 3.19. The number of hydrogen-bond donors (Lipinski definition) is 0. The first kappa shape index (κ1) is 9.19. The summed E-state index contributed by atoms with van der Waals surface area (Å²) >= 11 is 1.84. The van der Waals surface area contributed by atoms with Crippen molar-refractivity contribution in [3.8, 4) is 0 Å². The fraction of sp³-hybridized carbons (Fsp3) is 0.600. The highest BCUT2D eigenvalue weighted by atomic mass is 32.1. The van der Waals surface area contributed by atoms with Gasteiger partial charge in [-0.25, -0.2) is 0 Å². The summed E-state index contributed by atoms with van der Waals surface area (Å²) < 4.78 is 5.18. The van der Waals surface area contributed by atoms with E-state index in [1.807, 2.05) is 11.3 Å². The highest BCUT2D eigenvalue weighted by molar-refractivity contribution is 7.09. The zero-order chi connectivity index (χ0) is 9.10. The number of nitrogens with zero attached hydrogens (tertiary/aromatic N) is 1. The van der Waals surface area contributed by atoms with Gasteiger partial charge in [0, 0.05) is 18.0 Å². The molecule has 1 aliphatic rings. The Bertz CT molecular complexity index is 243. The Hall–Kier alpha value is -0.380. The molecule has 0 aromatic carbocycles. The van der Waals surface area contributed by atoms with Crippen LogP contribution in [0.15, 0.2) is 17.5 Å². The van der Waals surface area contributed by atoms with E-state index in [4.69, 9.17) is 4.74 Å². The van der Waals surface area contributed by atoms with Crippen LogP contribution in [0.2, 0.25) is 0 Å². The van der Waals surface area contributed by atoms with Crippen LogP contribution in [0.1, 0.15) is 4.88 Å². The molecule has 1 fully saturated rings. The molecule has 1 aromatic heterocycles. The van der Waals surface area contributed by atoms with E-state index < -0.39 is 0 Å². The second kappa shape index (κ2) is 4.22. The molecule has 1 atom stereocenters. The van der Waals surface area contributed by atoms with E-state index in [0.717, 1.165) is 19.7 Å². The van der Waals surface area contributed by atoms with E-state index in [2.05, 4.69) is 29.5 Å². The summed E-state index contributed by atoms with van der Waals surface area (Å²) in [5.74, 6) is 0. The first-order valence-corrected chi connectivity index (χ1v) is 5.55. The molecule has 2 nitrogen and oxygen atoms in total. The molecular formula is C10H15NOS. The Kier molecular flexibility index (Phi) is 2.98. The van der Waals surface area contributed by atoms with E-state index >= 15 is 0 Å². The molecule has 3 heteroatoms. The normalized spacial score (nSPS) is 20.9. The van der Waals surface area contributed by atoms with Crippen LogP contribution in [0.3, 0.4) is 0 Å². The van der Waals surface area contributed by atoms with Gasteiger partial charge in [0.15, 0.2) is 0 Å². The summed E-state index contributed by atoms with van der Waals surface area (Å²) in [5.41, 5.74) is 0. The molecule has 0 saturated carbocycles. The van der Waals surface area contributed by atoms with E-state index in [1.54, 1.807) is 0 Å². The molecule has 1 aliphatic heterocycles. The minimum atomic E-state index is 0.522. The molecule has 0 N–H and O–H groups in total. The topological polar surface area (TPSA) is 15.8 Å². The number of hydrogen-bond acceptors (Lipinski definition) is 3. The van der Waals surface area contributed by atoms with Crippen LogP contribution in [0.4, 0.5) is 0 Å². The lowest BCUT2D eigenvalue weighted by Crippen LogP contribution is -2.25. The molecule has 0 radical (unpaired) electrons. The Balaban J connectivity index is 1.66. The third-order valence-electron chi connectivity index (χ3n) is 2.24. The van der Waals surface area contributed by atoms with Gasteiger partial charge in [-0.3, -0.25) is 0 Å². The molecular weight excluding hydrogens is 182 g/mol. The van der Waals surface area contributed by atoms with Crippen molar-refractivity contribution in [2.75, 3.05) is 26.7 Å². The van der Waals surface area contributed by atoms with Crippen LogP contribution in [0.25, 0.3) is 0 Å². The van der Waals surface area contributed by atoms with Crippen molar-refractivity contribution in [3.05, 3.63) is 22.4 Å². The zero-order valence-electron chi connectivity index (χ0n) is 7.90. The predicted molar refractivity (Wildman–Crippen MR) is 55.3 cm³/mol. The molecule has 2 heterocycles. The summed E-state index contributed by atoms with van der Waals surface area (Å²) in [6, 6.07) is 4.32. The van der Waals surface area contributed by atoms with Gasteiger partial charge in [-0.05, 0) is 24.9 Å². The molecule has 0 aliphatic carbocycles. The Morgan fingerprint density at radius 2 is 2.54 bits per heavy atom. The molecule has 72 valence electrons. The molecule has 0 amide bonds. The second-order valence-electron chi connectivity index (χ2n) is 3.55. The van der Waals surface area contributed by atoms with Gasteiger partial charge in [0.1, 0.15) is 0 Å². The lowest BCUT2D eigenvalue weighted by atomic mass is 10.3. The van der Waals surface area contributed by atoms with Gasteiger partial charge >= 0.3 is 0 Å². The van der Waals surface area contributed by atoms with Crippen molar-refractivity contribution in [2.24, 2.45) is 0 Å². The average molecular weight is 197 g/mol. The fourth-order valence-corrected chi connectivity index (χ4v) is 2.07. The predicted octanol–water partition coefficient (Wildman–Crippen LogP) is 1.62. The fourth-order valence-electron chi connectivity index (χ4n) is 1.37. The quantitative estimate of drug-likeness (QED) is 0.667. The number of likely N-dealkylation sites (N-methyl/N-ethyl adjacent to an activating group) is 1. The van der Waals surface area contributed by atoms with E-state index in [0.29, 0.717) is 6.10 Å². The van der Waals surface area contributed by atoms with Gasteiger partial charge in [0.05, 0.1) is 12.7 Å². The number of rotatable bonds is 5. The van der Waals surface area contributed by atoms with Crippen LogP contribution < -0.4 is 0 Å². The van der Waals surface area contributed by atoms with E-state index in [1.165, 1.54) is 11.3 Å². The molecule has 0 spiro atoms. The van der Waals surface area contributed by atoms with Gasteiger partial charge in [-0.2, -0.15) is 0 Å². The van der Waals surface area contributed by atoms with E-state index in [-0.39, 0.29) is 0 Å². The monoisotopic (exact) mass is 197 g/mol. The SMILES string of the molecule is CN(CCc1cccs1)CC1CO1. The first-order chi connectivity index (χ1) is 6.34. The molecule has 1 unspecified atom stereocenters. The maximum atomic E-state index is 5.18. The van der Waals surface area contributed by atoms with Crippen molar-refractivity contribution < 1.29 is 4.74 Å². The van der Waals surface area contributed by atoms with Gasteiger partial charge in [0.2, 0.25) is 0 Å². The van der Waals surface area contributed by atoms with Crippen molar-refractivity contribution in [2.45, 2.75) is 12.5 Å². The summed E-state index contributed by atoms with van der Waals surface area (Å²) in [4.78, 5) is 3.82. The third kappa shape index (κ3) is 3.10. The maximum Gasteiger partial charge on any atom is 0.0936 e. The van der Waals surface area contributed by atoms with Crippen molar-refractivity contribution in [3.63, 3.8) is 0 Å². The second-order valence-corrected chi connectivity index (χ2v) is 4.58. The molecule has 13 heavy (non-hydrogen) atoms. The van der Waals surface area contributed by atoms with Crippen LogP contribution in [-0.2, 0) is 11.2 Å². The molecule has 1 saturated heterocycles. The molecule has 0 bridgehead atoms. The van der Waals surface area contributed by atoms with E-state index in [9.17, 15) is 0 Å². The summed E-state index contributed by atoms with van der Waals surface area (Å²) in [6.07, 6.45) is 1.69. The largest absolute Gasteiger partial charge is 0.372 e. The number of ether oxygens (including phenoxy) is 1. The van der Waals surface area contributed by atoms with Crippen LogP contribution >= 0.6 is 11.3 Å². The molecule has 2 rings (SSSR count). The Morgan fingerprint density at radius 3 is 3.15 bits per heavy atom. The smallest absolute Gasteiger partial charge is 0.0936 e. The highest BCUT2D eigenvalue weighted by Crippen LogP contribution is 2.12. The van der Waals surface area contributed by atoms with Crippen LogP contribution in [-0.4, -0.2) is 37.7 Å². The standard InChI is InChI=1S/C10H15NOS/c1-11(7-9-8-12-9)5-4-10-3-2-6-13-10/h2-3,6,9H,4-5,7-8H2,1H3. The van der Waals surface area contributed by atoms with Crippen molar-refractivity contribution in [1.82, 2.24) is 4.90 Å². The lowest BCUT2D eigenvalue weighted by molar-refractivity contribution is 0.287. The molecule has 1 aromatic rings. The van der Waals surface area contributed by atoms with Crippen LogP contribution in [0.5, 0.6) is 0 Å². The Morgan fingerprint density at radius 1 is 1.69 bits per heavy atom. The first-order valence-electron chi connectivity index (χ1n) is 4.67. The van der Waals surface area contributed by atoms with Gasteiger partial charge < -0.3 is 9.64 Å². The van der Waals surface area contributed by atoms with Gasteiger partial charge in [-0.15, -0.1) is 11.3 Å². The maximum absolute atomic E-state index is 5.18. The highest BCUT2D eigenvalue weighted by Gasteiger charge is 2.23. The van der Waals surface area contributed by atoms with Gasteiger partial charge in [-0.1, -0.05) is 6.07 Å².